The van der Waals surface area contributed by atoms with Gasteiger partial charge in [-0.05, 0) is 73.9 Å². The number of carbonyl (C=O) groups is 2. The summed E-state index contributed by atoms with van der Waals surface area (Å²) in [7, 11) is 1.66. The van der Waals surface area contributed by atoms with Crippen molar-refractivity contribution in [1.29, 1.82) is 0 Å². The molecule has 4 aromatic rings. The molecule has 0 saturated carbocycles. The summed E-state index contributed by atoms with van der Waals surface area (Å²) in [4.78, 5) is 28.3. The van der Waals surface area contributed by atoms with Gasteiger partial charge in [0, 0.05) is 36.7 Å². The van der Waals surface area contributed by atoms with E-state index in [0.717, 1.165) is 71.9 Å². The summed E-state index contributed by atoms with van der Waals surface area (Å²) in [5, 5.41) is 11.0. The molecule has 8 nitrogen and oxygen atoms in total. The third kappa shape index (κ3) is 8.12. The van der Waals surface area contributed by atoms with E-state index in [9.17, 15) is 9.59 Å². The number of amides is 3. The smallest absolute Gasteiger partial charge is 0.324 e. The summed E-state index contributed by atoms with van der Waals surface area (Å²) in [6.45, 7) is 9.88. The molecule has 2 heterocycles. The SMILES string of the molecule is COc1ccccc1CCC(=O)N1CCC(Cc2ccccc2NC(=O)Nc2cc(C(C)(C)C)nn2-c2ccc(C)cc2)CC1. The topological polar surface area (TPSA) is 88.5 Å². The van der Waals surface area contributed by atoms with Gasteiger partial charge in [0.15, 0.2) is 0 Å². The zero-order chi connectivity index (χ0) is 32.0. The van der Waals surface area contributed by atoms with Gasteiger partial charge in [0.05, 0.1) is 18.5 Å². The number of nitrogens with one attached hydrogen (secondary N) is 2. The summed E-state index contributed by atoms with van der Waals surface area (Å²) in [5.41, 5.74) is 5.71. The summed E-state index contributed by atoms with van der Waals surface area (Å²) in [5.74, 6) is 2.07. The Labute approximate surface area is 266 Å². The largest absolute Gasteiger partial charge is 0.496 e. The van der Waals surface area contributed by atoms with Gasteiger partial charge in [-0.15, -0.1) is 0 Å². The average molecular weight is 608 g/mol. The predicted molar refractivity (Wildman–Crippen MR) is 180 cm³/mol. The number of likely N-dealkylation sites (tertiary alicyclic amines) is 1. The van der Waals surface area contributed by atoms with Crippen molar-refractivity contribution in [1.82, 2.24) is 14.7 Å². The summed E-state index contributed by atoms with van der Waals surface area (Å²) >= 11 is 0. The van der Waals surface area contributed by atoms with Gasteiger partial charge < -0.3 is 15.0 Å². The summed E-state index contributed by atoms with van der Waals surface area (Å²) in [6.07, 6.45) is 3.87. The molecule has 5 rings (SSSR count). The maximum Gasteiger partial charge on any atom is 0.324 e. The van der Waals surface area contributed by atoms with Crippen molar-refractivity contribution in [3.63, 3.8) is 0 Å². The van der Waals surface area contributed by atoms with E-state index in [-0.39, 0.29) is 17.4 Å². The highest BCUT2D eigenvalue weighted by Gasteiger charge is 2.25. The van der Waals surface area contributed by atoms with Crippen LogP contribution in [-0.2, 0) is 23.1 Å². The van der Waals surface area contributed by atoms with E-state index in [1.54, 1.807) is 11.8 Å². The molecule has 0 spiro atoms. The molecule has 1 aromatic heterocycles. The number of aromatic nitrogens is 2. The number of para-hydroxylation sites is 2. The van der Waals surface area contributed by atoms with Crippen LogP contribution in [0.15, 0.2) is 78.9 Å². The fourth-order valence-electron chi connectivity index (χ4n) is 5.82. The zero-order valence-electron chi connectivity index (χ0n) is 27.1. The van der Waals surface area contributed by atoms with Crippen LogP contribution in [-0.4, -0.2) is 46.8 Å². The van der Waals surface area contributed by atoms with Gasteiger partial charge in [0.25, 0.3) is 0 Å². The first-order valence-corrected chi connectivity index (χ1v) is 15.8. The van der Waals surface area contributed by atoms with Crippen molar-refractivity contribution in [2.75, 3.05) is 30.8 Å². The van der Waals surface area contributed by atoms with Gasteiger partial charge in [0.1, 0.15) is 11.6 Å². The minimum atomic E-state index is -0.313. The summed E-state index contributed by atoms with van der Waals surface area (Å²) < 4.78 is 7.23. The molecule has 1 aliphatic heterocycles. The molecule has 0 radical (unpaired) electrons. The lowest BCUT2D eigenvalue weighted by atomic mass is 9.89. The number of methoxy groups -OCH3 is 1. The highest BCUT2D eigenvalue weighted by atomic mass is 16.5. The number of urea groups is 1. The zero-order valence-corrected chi connectivity index (χ0v) is 27.1. The van der Waals surface area contributed by atoms with E-state index >= 15 is 0 Å². The lowest BCUT2D eigenvalue weighted by Gasteiger charge is -2.32. The van der Waals surface area contributed by atoms with Crippen molar-refractivity contribution in [3.05, 3.63) is 101 Å². The molecule has 236 valence electrons. The molecule has 0 unspecified atom stereocenters. The standard InChI is InChI=1S/C37H45N5O3/c1-26-14-17-30(18-15-26)42-34(25-33(40-42)37(2,3)4)39-36(44)38-31-12-8-6-11-29(31)24-27-20-22-41(23-21-27)35(43)19-16-28-10-7-9-13-32(28)45-5/h6-15,17-18,25,27H,16,19-24H2,1-5H3,(H2,38,39,44). The Morgan fingerprint density at radius 2 is 1.58 bits per heavy atom. The Hall–Kier alpha value is -4.59. The first-order chi connectivity index (χ1) is 21.6. The van der Waals surface area contributed by atoms with Crippen LogP contribution >= 0.6 is 0 Å². The Balaban J connectivity index is 1.19. The van der Waals surface area contributed by atoms with E-state index in [0.29, 0.717) is 24.6 Å². The van der Waals surface area contributed by atoms with Gasteiger partial charge in [-0.2, -0.15) is 5.10 Å². The number of benzene rings is 3. The van der Waals surface area contributed by atoms with Crippen LogP contribution in [0.5, 0.6) is 5.75 Å². The van der Waals surface area contributed by atoms with Crippen molar-refractivity contribution >= 4 is 23.4 Å². The number of hydrogen-bond donors (Lipinski definition) is 2. The van der Waals surface area contributed by atoms with Gasteiger partial charge in [0.2, 0.25) is 5.91 Å². The number of aryl methyl sites for hydroxylation is 2. The number of hydrogen-bond acceptors (Lipinski definition) is 4. The minimum absolute atomic E-state index is 0.176. The fraction of sp³-hybridized carbons (Fsp3) is 0.378. The monoisotopic (exact) mass is 607 g/mol. The van der Waals surface area contributed by atoms with E-state index in [1.807, 2.05) is 84.6 Å². The number of carbonyl (C=O) groups excluding carboxylic acids is 2. The molecule has 0 atom stereocenters. The second-order valence-electron chi connectivity index (χ2n) is 13.0. The molecule has 1 saturated heterocycles. The Morgan fingerprint density at radius 3 is 2.27 bits per heavy atom. The van der Waals surface area contributed by atoms with Gasteiger partial charge in [-0.25, -0.2) is 9.48 Å². The average Bonchev–Trinajstić information content (AvgIpc) is 3.46. The molecule has 45 heavy (non-hydrogen) atoms. The van der Waals surface area contributed by atoms with Crippen LogP contribution in [0, 0.1) is 12.8 Å². The third-order valence-corrected chi connectivity index (χ3v) is 8.54. The number of ether oxygens (including phenoxy) is 1. The lowest BCUT2D eigenvalue weighted by Crippen LogP contribution is -2.39. The maximum absolute atomic E-state index is 13.3. The van der Waals surface area contributed by atoms with E-state index in [1.165, 1.54) is 0 Å². The molecule has 1 aliphatic rings. The molecule has 8 heteroatoms. The predicted octanol–water partition coefficient (Wildman–Crippen LogP) is 7.54. The second-order valence-corrected chi connectivity index (χ2v) is 13.0. The summed E-state index contributed by atoms with van der Waals surface area (Å²) in [6, 6.07) is 25.6. The van der Waals surface area contributed by atoms with E-state index < -0.39 is 0 Å². The number of nitrogens with zero attached hydrogens (tertiary/aromatic N) is 3. The van der Waals surface area contributed by atoms with Crippen LogP contribution in [0.25, 0.3) is 5.69 Å². The molecule has 3 aromatic carbocycles. The highest BCUT2D eigenvalue weighted by molar-refractivity contribution is 6.00. The van der Waals surface area contributed by atoms with Gasteiger partial charge >= 0.3 is 6.03 Å². The molecule has 2 N–H and O–H groups in total. The molecule has 0 bridgehead atoms. The quantitative estimate of drug-likeness (QED) is 0.206. The minimum Gasteiger partial charge on any atom is -0.496 e. The molecular weight excluding hydrogens is 562 g/mol. The Kier molecular flexibility index (Phi) is 9.91. The van der Waals surface area contributed by atoms with Crippen molar-refractivity contribution in [2.45, 2.75) is 65.2 Å². The van der Waals surface area contributed by atoms with Gasteiger partial charge in [-0.1, -0.05) is 74.9 Å². The van der Waals surface area contributed by atoms with E-state index in [2.05, 4.69) is 37.5 Å². The molecule has 0 aliphatic carbocycles. The highest BCUT2D eigenvalue weighted by Crippen LogP contribution is 2.29. The third-order valence-electron chi connectivity index (χ3n) is 8.54. The van der Waals surface area contributed by atoms with Crippen LogP contribution in [0.2, 0.25) is 0 Å². The molecule has 3 amide bonds. The second kappa shape index (κ2) is 14.0. The first kappa shape index (κ1) is 31.8. The fourth-order valence-corrected chi connectivity index (χ4v) is 5.82. The van der Waals surface area contributed by atoms with Crippen molar-refractivity contribution in [2.24, 2.45) is 5.92 Å². The van der Waals surface area contributed by atoms with Crippen molar-refractivity contribution < 1.29 is 14.3 Å². The van der Waals surface area contributed by atoms with Crippen LogP contribution in [0.3, 0.4) is 0 Å². The maximum atomic E-state index is 13.3. The lowest BCUT2D eigenvalue weighted by molar-refractivity contribution is -0.132. The number of rotatable bonds is 9. The van der Waals surface area contributed by atoms with Crippen LogP contribution in [0.1, 0.15) is 62.4 Å². The number of piperidine rings is 1. The van der Waals surface area contributed by atoms with Crippen molar-refractivity contribution in [3.8, 4) is 11.4 Å². The molecular formula is C37H45N5O3. The molecule has 1 fully saturated rings. The van der Waals surface area contributed by atoms with Gasteiger partial charge in [-0.3, -0.25) is 10.1 Å². The van der Waals surface area contributed by atoms with E-state index in [4.69, 9.17) is 9.84 Å². The normalized spacial score (nSPS) is 13.8. The Bertz CT molecular complexity index is 1610. The Morgan fingerprint density at radius 1 is 0.911 bits per heavy atom. The van der Waals surface area contributed by atoms with Crippen LogP contribution < -0.4 is 15.4 Å². The number of anilines is 2. The van der Waals surface area contributed by atoms with Crippen LogP contribution in [0.4, 0.5) is 16.3 Å². The first-order valence-electron chi connectivity index (χ1n) is 15.8.